The zero-order valence-electron chi connectivity index (χ0n) is 9.26. The minimum absolute atomic E-state index is 0.000533. The molecule has 5 nitrogen and oxygen atoms in total. The quantitative estimate of drug-likeness (QED) is 0.940. The van der Waals surface area contributed by atoms with Crippen molar-refractivity contribution in [3.63, 3.8) is 0 Å². The first-order valence-electron chi connectivity index (χ1n) is 5.17. The molecule has 90 valence electrons. The molecule has 0 aliphatic rings. The number of aromatic nitrogens is 2. The summed E-state index contributed by atoms with van der Waals surface area (Å²) < 4.78 is 7.62. The molecule has 0 aliphatic carbocycles. The molecule has 1 amide bonds. The van der Waals surface area contributed by atoms with E-state index >= 15 is 0 Å². The monoisotopic (exact) mass is 297 g/mol. The van der Waals surface area contributed by atoms with Crippen LogP contribution in [-0.4, -0.2) is 21.5 Å². The van der Waals surface area contributed by atoms with Crippen LogP contribution in [-0.2, 0) is 6.54 Å². The fourth-order valence-electron chi connectivity index (χ4n) is 1.49. The van der Waals surface area contributed by atoms with Gasteiger partial charge in [0.2, 0.25) is 0 Å². The highest BCUT2D eigenvalue weighted by atomic mass is 79.9. The summed E-state index contributed by atoms with van der Waals surface area (Å²) in [6.07, 6.45) is 5.27. The molecule has 0 spiro atoms. The van der Waals surface area contributed by atoms with Gasteiger partial charge in [-0.2, -0.15) is 0 Å². The van der Waals surface area contributed by atoms with Crippen LogP contribution >= 0.6 is 15.9 Å². The van der Waals surface area contributed by atoms with Crippen LogP contribution in [0.5, 0.6) is 0 Å². The average Bonchev–Trinajstić information content (AvgIpc) is 2.89. The first-order valence-corrected chi connectivity index (χ1v) is 5.96. The molecular weight excluding hydrogens is 286 g/mol. The molecule has 2 heterocycles. The first kappa shape index (κ1) is 11.9. The van der Waals surface area contributed by atoms with Gasteiger partial charge in [-0.1, -0.05) is 0 Å². The van der Waals surface area contributed by atoms with Gasteiger partial charge in [0.05, 0.1) is 6.33 Å². The maximum absolute atomic E-state index is 11.7. The lowest BCUT2D eigenvalue weighted by atomic mass is 10.3. The Hall–Kier alpha value is -1.56. The summed E-state index contributed by atoms with van der Waals surface area (Å²) in [5, 5.41) is 2.85. The molecule has 1 atom stereocenters. The Bertz CT molecular complexity index is 493. The van der Waals surface area contributed by atoms with Gasteiger partial charge in [-0.15, -0.1) is 0 Å². The Kier molecular flexibility index (Phi) is 3.63. The van der Waals surface area contributed by atoms with Crippen LogP contribution in [0.2, 0.25) is 0 Å². The molecule has 2 aromatic heterocycles. The Morgan fingerprint density at radius 1 is 1.65 bits per heavy atom. The lowest BCUT2D eigenvalue weighted by molar-refractivity contribution is 0.0907. The minimum Gasteiger partial charge on any atom is -0.444 e. The largest absolute Gasteiger partial charge is 0.444 e. The molecule has 1 N–H and O–H groups in total. The number of nitrogens with zero attached hydrogens (tertiary/aromatic N) is 2. The fourth-order valence-corrected chi connectivity index (χ4v) is 1.79. The number of amides is 1. The maximum Gasteiger partial charge on any atom is 0.287 e. The third-order valence-corrected chi connectivity index (χ3v) is 2.64. The summed E-state index contributed by atoms with van der Waals surface area (Å²) in [4.78, 5) is 15.7. The van der Waals surface area contributed by atoms with Gasteiger partial charge in [0, 0.05) is 25.0 Å². The van der Waals surface area contributed by atoms with Gasteiger partial charge in [-0.25, -0.2) is 4.98 Å². The van der Waals surface area contributed by atoms with Crippen LogP contribution in [0.4, 0.5) is 0 Å². The molecule has 0 saturated heterocycles. The van der Waals surface area contributed by atoms with Gasteiger partial charge in [-0.05, 0) is 35.0 Å². The third kappa shape index (κ3) is 3.20. The van der Waals surface area contributed by atoms with Crippen molar-refractivity contribution in [1.82, 2.24) is 14.9 Å². The molecule has 17 heavy (non-hydrogen) atoms. The maximum atomic E-state index is 11.7. The zero-order valence-corrected chi connectivity index (χ0v) is 10.8. The van der Waals surface area contributed by atoms with Gasteiger partial charge >= 0.3 is 0 Å². The highest BCUT2D eigenvalue weighted by molar-refractivity contribution is 9.10. The van der Waals surface area contributed by atoms with Gasteiger partial charge in [0.15, 0.2) is 10.4 Å². The average molecular weight is 298 g/mol. The van der Waals surface area contributed by atoms with E-state index in [1.54, 1.807) is 24.7 Å². The zero-order chi connectivity index (χ0) is 12.3. The number of imidazole rings is 1. The van der Waals surface area contributed by atoms with Crippen LogP contribution < -0.4 is 5.32 Å². The Balaban J connectivity index is 1.90. The molecule has 2 aromatic rings. The standard InChI is InChI=1S/C11H12BrN3O2/c1-8(6-15-5-4-13-7-15)14-11(16)9-2-3-10(12)17-9/h2-5,7-8H,6H2,1H3,(H,14,16)/t8-/m0/s1. The molecule has 0 aliphatic heterocycles. The van der Waals surface area contributed by atoms with Gasteiger partial charge in [0.1, 0.15) is 0 Å². The Labute approximate surface area is 107 Å². The van der Waals surface area contributed by atoms with Crippen LogP contribution in [0.15, 0.2) is 39.9 Å². The molecule has 0 saturated carbocycles. The number of halogens is 1. The number of hydrogen-bond acceptors (Lipinski definition) is 3. The number of nitrogens with one attached hydrogen (secondary N) is 1. The van der Waals surface area contributed by atoms with Gasteiger partial charge in [0.25, 0.3) is 5.91 Å². The lowest BCUT2D eigenvalue weighted by Crippen LogP contribution is -2.35. The summed E-state index contributed by atoms with van der Waals surface area (Å²) >= 11 is 3.16. The van der Waals surface area contributed by atoms with Crippen molar-refractivity contribution in [2.45, 2.75) is 19.5 Å². The van der Waals surface area contributed by atoms with Crippen molar-refractivity contribution in [3.05, 3.63) is 41.3 Å². The summed E-state index contributed by atoms with van der Waals surface area (Å²) in [5.41, 5.74) is 0. The van der Waals surface area contributed by atoms with Crippen molar-refractivity contribution in [2.24, 2.45) is 0 Å². The minimum atomic E-state index is -0.219. The number of rotatable bonds is 4. The Morgan fingerprint density at radius 3 is 3.06 bits per heavy atom. The van der Waals surface area contributed by atoms with Crippen LogP contribution in [0, 0.1) is 0 Å². The summed E-state index contributed by atoms with van der Waals surface area (Å²) in [6, 6.07) is 3.32. The van der Waals surface area contributed by atoms with E-state index in [4.69, 9.17) is 4.42 Å². The van der Waals surface area contributed by atoms with Gasteiger partial charge in [-0.3, -0.25) is 4.79 Å². The predicted octanol–water partition coefficient (Wildman–Crippen LogP) is 2.06. The topological polar surface area (TPSA) is 60.1 Å². The molecular formula is C11H12BrN3O2. The van der Waals surface area contributed by atoms with Crippen molar-refractivity contribution < 1.29 is 9.21 Å². The second-order valence-electron chi connectivity index (χ2n) is 3.74. The van der Waals surface area contributed by atoms with E-state index in [0.717, 1.165) is 0 Å². The number of carbonyl (C=O) groups excluding carboxylic acids is 1. The van der Waals surface area contributed by atoms with Gasteiger partial charge < -0.3 is 14.3 Å². The molecule has 0 unspecified atom stereocenters. The van der Waals surface area contributed by atoms with Crippen molar-refractivity contribution >= 4 is 21.8 Å². The van der Waals surface area contributed by atoms with E-state index < -0.39 is 0 Å². The van der Waals surface area contributed by atoms with E-state index in [9.17, 15) is 4.79 Å². The van der Waals surface area contributed by atoms with Crippen LogP contribution in [0.3, 0.4) is 0 Å². The highest BCUT2D eigenvalue weighted by Crippen LogP contribution is 2.13. The van der Waals surface area contributed by atoms with Crippen LogP contribution in [0.25, 0.3) is 0 Å². The normalized spacial score (nSPS) is 12.4. The molecule has 6 heteroatoms. The highest BCUT2D eigenvalue weighted by Gasteiger charge is 2.13. The molecule has 2 rings (SSSR count). The number of hydrogen-bond donors (Lipinski definition) is 1. The second-order valence-corrected chi connectivity index (χ2v) is 4.52. The smallest absolute Gasteiger partial charge is 0.287 e. The Morgan fingerprint density at radius 2 is 2.47 bits per heavy atom. The summed E-state index contributed by atoms with van der Waals surface area (Å²) in [5.74, 6) is 0.0812. The van der Waals surface area contributed by atoms with E-state index in [0.29, 0.717) is 17.0 Å². The number of carbonyl (C=O) groups is 1. The predicted molar refractivity (Wildman–Crippen MR) is 65.6 cm³/mol. The van der Waals surface area contributed by atoms with E-state index in [2.05, 4.69) is 26.2 Å². The van der Waals surface area contributed by atoms with E-state index in [1.807, 2.05) is 17.7 Å². The van der Waals surface area contributed by atoms with Crippen LogP contribution in [0.1, 0.15) is 17.5 Å². The van der Waals surface area contributed by atoms with Crippen molar-refractivity contribution in [2.75, 3.05) is 0 Å². The fraction of sp³-hybridized carbons (Fsp3) is 0.273. The second kappa shape index (κ2) is 5.18. The molecule has 0 bridgehead atoms. The molecule has 0 radical (unpaired) electrons. The summed E-state index contributed by atoms with van der Waals surface area (Å²) in [7, 11) is 0. The number of furan rings is 1. The SMILES string of the molecule is C[C@@H](Cn1ccnc1)NC(=O)c1ccc(Br)o1. The van der Waals surface area contributed by atoms with Crippen molar-refractivity contribution in [1.29, 1.82) is 0 Å². The molecule has 0 aromatic carbocycles. The third-order valence-electron chi connectivity index (χ3n) is 2.22. The lowest BCUT2D eigenvalue weighted by Gasteiger charge is -2.13. The van der Waals surface area contributed by atoms with E-state index in [-0.39, 0.29) is 11.9 Å². The molecule has 0 fully saturated rings. The summed E-state index contributed by atoms with van der Waals surface area (Å²) in [6.45, 7) is 2.60. The van der Waals surface area contributed by atoms with Crippen molar-refractivity contribution in [3.8, 4) is 0 Å². The first-order chi connectivity index (χ1) is 8.15. The van der Waals surface area contributed by atoms with E-state index in [1.165, 1.54) is 0 Å².